The number of rotatable bonds is 8. The summed E-state index contributed by atoms with van der Waals surface area (Å²) in [4.78, 5) is 26.4. The van der Waals surface area contributed by atoms with E-state index in [4.69, 9.17) is 14.2 Å². The summed E-state index contributed by atoms with van der Waals surface area (Å²) >= 11 is 0. The van der Waals surface area contributed by atoms with Gasteiger partial charge >= 0.3 is 5.97 Å². The van der Waals surface area contributed by atoms with E-state index in [9.17, 15) is 9.59 Å². The third-order valence-electron chi connectivity index (χ3n) is 4.54. The van der Waals surface area contributed by atoms with Gasteiger partial charge in [0.15, 0.2) is 0 Å². The van der Waals surface area contributed by atoms with Crippen LogP contribution in [0.5, 0.6) is 5.75 Å². The molecule has 0 aromatic heterocycles. The molecule has 26 heavy (non-hydrogen) atoms. The van der Waals surface area contributed by atoms with Gasteiger partial charge in [-0.1, -0.05) is 6.92 Å². The Hall–Kier alpha value is -2.08. The van der Waals surface area contributed by atoms with Crippen molar-refractivity contribution >= 4 is 11.9 Å². The number of likely N-dealkylation sites (tertiary alicyclic amines) is 1. The summed E-state index contributed by atoms with van der Waals surface area (Å²) in [6, 6.07) is 5.43. The van der Waals surface area contributed by atoms with Crippen molar-refractivity contribution in [2.75, 3.05) is 33.4 Å². The van der Waals surface area contributed by atoms with E-state index in [1.807, 2.05) is 19.1 Å². The first-order valence-electron chi connectivity index (χ1n) is 9.31. The fourth-order valence-electron chi connectivity index (χ4n) is 3.11. The highest BCUT2D eigenvalue weighted by molar-refractivity contribution is 5.94. The second-order valence-corrected chi connectivity index (χ2v) is 6.40. The quantitative estimate of drug-likeness (QED) is 0.525. The molecule has 1 heterocycles. The molecule has 1 aliphatic heterocycles. The molecule has 0 saturated carbocycles. The Morgan fingerprint density at radius 3 is 2.54 bits per heavy atom. The summed E-state index contributed by atoms with van der Waals surface area (Å²) in [6.45, 7) is 6.48. The smallest absolute Gasteiger partial charge is 0.309 e. The molecule has 1 amide bonds. The van der Waals surface area contributed by atoms with E-state index < -0.39 is 0 Å². The Bertz CT molecular complexity index is 608. The lowest BCUT2D eigenvalue weighted by atomic mass is 9.96. The molecule has 0 atom stereocenters. The van der Waals surface area contributed by atoms with Crippen LogP contribution in [0.15, 0.2) is 18.2 Å². The molecule has 0 bridgehead atoms. The number of nitrogens with zero attached hydrogens (tertiary/aromatic N) is 1. The normalized spacial score (nSPS) is 15.0. The predicted octanol–water partition coefficient (Wildman–Crippen LogP) is 3.04. The third-order valence-corrected chi connectivity index (χ3v) is 4.54. The van der Waals surface area contributed by atoms with Crippen LogP contribution in [0.25, 0.3) is 0 Å². The number of benzene rings is 1. The van der Waals surface area contributed by atoms with E-state index in [-0.39, 0.29) is 17.8 Å². The van der Waals surface area contributed by atoms with Crippen LogP contribution in [0.4, 0.5) is 0 Å². The molecule has 1 aromatic rings. The van der Waals surface area contributed by atoms with Gasteiger partial charge in [-0.3, -0.25) is 9.59 Å². The average molecular weight is 363 g/mol. The van der Waals surface area contributed by atoms with Crippen molar-refractivity contribution in [2.45, 2.75) is 39.7 Å². The Balaban J connectivity index is 2.01. The third kappa shape index (κ3) is 5.21. The first-order valence-corrected chi connectivity index (χ1v) is 9.31. The number of esters is 1. The first kappa shape index (κ1) is 20.2. The van der Waals surface area contributed by atoms with Crippen LogP contribution >= 0.6 is 0 Å². The second kappa shape index (κ2) is 10.2. The summed E-state index contributed by atoms with van der Waals surface area (Å²) < 4.78 is 16.0. The Morgan fingerprint density at radius 2 is 1.92 bits per heavy atom. The SMILES string of the molecule is CCCOCc1cc(C(=O)N2CCC(C(=O)OCC)CC2)ccc1OC. The highest BCUT2D eigenvalue weighted by Crippen LogP contribution is 2.24. The lowest BCUT2D eigenvalue weighted by Gasteiger charge is -2.31. The van der Waals surface area contributed by atoms with Gasteiger partial charge in [0, 0.05) is 30.8 Å². The number of carbonyl (C=O) groups is 2. The molecule has 1 aromatic carbocycles. The standard InChI is InChI=1S/C20H29NO5/c1-4-12-25-14-17-13-16(6-7-18(17)24-3)19(22)21-10-8-15(9-11-21)20(23)26-5-2/h6-7,13,15H,4-5,8-12,14H2,1-3H3. The molecule has 144 valence electrons. The van der Waals surface area contributed by atoms with E-state index >= 15 is 0 Å². The zero-order valence-corrected chi connectivity index (χ0v) is 16.0. The molecule has 6 heteroatoms. The van der Waals surface area contributed by atoms with Gasteiger partial charge in [-0.05, 0) is 44.4 Å². The van der Waals surface area contributed by atoms with Crippen molar-refractivity contribution in [1.82, 2.24) is 4.90 Å². The number of hydrogen-bond acceptors (Lipinski definition) is 5. The van der Waals surface area contributed by atoms with Crippen LogP contribution in [0.1, 0.15) is 49.0 Å². The van der Waals surface area contributed by atoms with Crippen molar-refractivity contribution in [3.05, 3.63) is 29.3 Å². The summed E-state index contributed by atoms with van der Waals surface area (Å²) in [7, 11) is 1.61. The minimum absolute atomic E-state index is 0.0216. The van der Waals surface area contributed by atoms with Crippen LogP contribution in [-0.2, 0) is 20.9 Å². The number of piperidine rings is 1. The molecule has 0 aliphatic carbocycles. The Morgan fingerprint density at radius 1 is 1.19 bits per heavy atom. The van der Waals surface area contributed by atoms with Gasteiger partial charge in [0.05, 0.1) is 26.2 Å². The van der Waals surface area contributed by atoms with E-state index in [0.717, 1.165) is 17.7 Å². The van der Waals surface area contributed by atoms with Gasteiger partial charge in [0.2, 0.25) is 0 Å². The molecule has 1 aliphatic rings. The number of carbonyl (C=O) groups excluding carboxylic acids is 2. The number of ether oxygens (including phenoxy) is 3. The molecular weight excluding hydrogens is 334 g/mol. The topological polar surface area (TPSA) is 65.1 Å². The minimum Gasteiger partial charge on any atom is -0.496 e. The first-order chi connectivity index (χ1) is 12.6. The summed E-state index contributed by atoms with van der Waals surface area (Å²) in [6.07, 6.45) is 2.23. The van der Waals surface area contributed by atoms with Crippen molar-refractivity contribution in [2.24, 2.45) is 5.92 Å². The highest BCUT2D eigenvalue weighted by Gasteiger charge is 2.28. The molecule has 0 N–H and O–H groups in total. The van der Waals surface area contributed by atoms with Gasteiger partial charge in [0.1, 0.15) is 5.75 Å². The van der Waals surface area contributed by atoms with Gasteiger partial charge < -0.3 is 19.1 Å². The van der Waals surface area contributed by atoms with Crippen molar-refractivity contribution in [1.29, 1.82) is 0 Å². The maximum Gasteiger partial charge on any atom is 0.309 e. The van der Waals surface area contributed by atoms with Crippen LogP contribution in [0.3, 0.4) is 0 Å². The molecule has 1 fully saturated rings. The summed E-state index contributed by atoms with van der Waals surface area (Å²) in [5, 5.41) is 0. The molecule has 0 radical (unpaired) electrons. The Labute approximate surface area is 155 Å². The fraction of sp³-hybridized carbons (Fsp3) is 0.600. The average Bonchev–Trinajstić information content (AvgIpc) is 2.68. The van der Waals surface area contributed by atoms with Crippen molar-refractivity contribution in [3.63, 3.8) is 0 Å². The second-order valence-electron chi connectivity index (χ2n) is 6.40. The summed E-state index contributed by atoms with van der Waals surface area (Å²) in [5.41, 5.74) is 1.49. The maximum absolute atomic E-state index is 12.8. The number of amides is 1. The van der Waals surface area contributed by atoms with Gasteiger partial charge in [-0.15, -0.1) is 0 Å². The molecule has 2 rings (SSSR count). The molecule has 0 unspecified atom stereocenters. The van der Waals surface area contributed by atoms with Crippen LogP contribution in [0.2, 0.25) is 0 Å². The molecular formula is C20H29NO5. The maximum atomic E-state index is 12.8. The van der Waals surface area contributed by atoms with E-state index in [1.54, 1.807) is 18.1 Å². The van der Waals surface area contributed by atoms with E-state index in [0.29, 0.717) is 51.3 Å². The zero-order chi connectivity index (χ0) is 18.9. The highest BCUT2D eigenvalue weighted by atomic mass is 16.5. The fourth-order valence-corrected chi connectivity index (χ4v) is 3.11. The van der Waals surface area contributed by atoms with Gasteiger partial charge in [0.25, 0.3) is 5.91 Å². The molecule has 1 saturated heterocycles. The Kier molecular flexibility index (Phi) is 7.91. The van der Waals surface area contributed by atoms with Crippen LogP contribution < -0.4 is 4.74 Å². The van der Waals surface area contributed by atoms with E-state index in [2.05, 4.69) is 6.92 Å². The van der Waals surface area contributed by atoms with Gasteiger partial charge in [-0.25, -0.2) is 0 Å². The predicted molar refractivity (Wildman–Crippen MR) is 98.2 cm³/mol. The van der Waals surface area contributed by atoms with E-state index in [1.165, 1.54) is 0 Å². The summed E-state index contributed by atoms with van der Waals surface area (Å²) in [5.74, 6) is 0.442. The lowest BCUT2D eigenvalue weighted by Crippen LogP contribution is -2.40. The number of methoxy groups -OCH3 is 1. The van der Waals surface area contributed by atoms with Gasteiger partial charge in [-0.2, -0.15) is 0 Å². The van der Waals surface area contributed by atoms with Crippen molar-refractivity contribution in [3.8, 4) is 5.75 Å². The molecule has 6 nitrogen and oxygen atoms in total. The monoisotopic (exact) mass is 363 g/mol. The lowest BCUT2D eigenvalue weighted by molar-refractivity contribution is -0.149. The molecule has 0 spiro atoms. The largest absolute Gasteiger partial charge is 0.496 e. The van der Waals surface area contributed by atoms with Crippen LogP contribution in [0, 0.1) is 5.92 Å². The van der Waals surface area contributed by atoms with Crippen molar-refractivity contribution < 1.29 is 23.8 Å². The minimum atomic E-state index is -0.153. The number of hydrogen-bond donors (Lipinski definition) is 0. The zero-order valence-electron chi connectivity index (χ0n) is 16.0. The van der Waals surface area contributed by atoms with Crippen LogP contribution in [-0.4, -0.2) is 50.2 Å².